The van der Waals surface area contributed by atoms with Gasteiger partial charge in [0.1, 0.15) is 5.69 Å². The minimum atomic E-state index is -0.318. The van der Waals surface area contributed by atoms with Crippen molar-refractivity contribution in [3.8, 4) is 0 Å². The fourth-order valence-corrected chi connectivity index (χ4v) is 1.95. The molecule has 1 aromatic rings. The predicted molar refractivity (Wildman–Crippen MR) is 85.1 cm³/mol. The summed E-state index contributed by atoms with van der Waals surface area (Å²) < 4.78 is 0. The molecule has 2 heterocycles. The largest absolute Gasteiger partial charge is 0.342 e. The number of carbonyl (C=O) groups is 2. The molecule has 1 aliphatic rings. The van der Waals surface area contributed by atoms with Gasteiger partial charge in [-0.3, -0.25) is 14.6 Å². The number of rotatable bonds is 3. The Morgan fingerprint density at radius 2 is 2.05 bits per heavy atom. The number of hydrogen-bond donors (Lipinski definition) is 2. The lowest BCUT2D eigenvalue weighted by atomic mass is 10.3. The maximum atomic E-state index is 11.9. The highest BCUT2D eigenvalue weighted by Crippen LogP contribution is 1.97. The van der Waals surface area contributed by atoms with Crippen LogP contribution in [0.4, 0.5) is 0 Å². The lowest BCUT2D eigenvalue weighted by Crippen LogP contribution is -2.41. The number of nitrogens with one attached hydrogen (secondary N) is 2. The van der Waals surface area contributed by atoms with Crippen LogP contribution < -0.4 is 10.6 Å². The zero-order valence-electron chi connectivity index (χ0n) is 11.6. The van der Waals surface area contributed by atoms with Gasteiger partial charge in [-0.05, 0) is 25.1 Å². The Hall–Kier alpha value is -1.37. The zero-order chi connectivity index (χ0) is 13.5. The highest BCUT2D eigenvalue weighted by atomic mass is 35.5. The fourth-order valence-electron chi connectivity index (χ4n) is 1.95. The Morgan fingerprint density at radius 3 is 2.76 bits per heavy atom. The van der Waals surface area contributed by atoms with E-state index in [9.17, 15) is 9.59 Å². The fraction of sp³-hybridized carbons (Fsp3) is 0.462. The summed E-state index contributed by atoms with van der Waals surface area (Å²) >= 11 is 0. The predicted octanol–water partition coefficient (Wildman–Crippen LogP) is 0.477. The molecule has 0 unspecified atom stereocenters. The van der Waals surface area contributed by atoms with Gasteiger partial charge in [0.05, 0.1) is 6.54 Å². The lowest BCUT2D eigenvalue weighted by molar-refractivity contribution is -0.129. The quantitative estimate of drug-likeness (QED) is 0.843. The van der Waals surface area contributed by atoms with Gasteiger partial charge in [-0.15, -0.1) is 24.8 Å². The van der Waals surface area contributed by atoms with E-state index in [1.165, 1.54) is 0 Å². The maximum Gasteiger partial charge on any atom is 0.270 e. The third-order valence-electron chi connectivity index (χ3n) is 2.99. The molecule has 0 spiro atoms. The van der Waals surface area contributed by atoms with Crippen molar-refractivity contribution in [2.75, 3.05) is 32.7 Å². The first kappa shape index (κ1) is 19.6. The molecule has 0 bridgehead atoms. The third-order valence-corrected chi connectivity index (χ3v) is 2.99. The molecule has 21 heavy (non-hydrogen) atoms. The monoisotopic (exact) mass is 334 g/mol. The van der Waals surface area contributed by atoms with Gasteiger partial charge in [0.2, 0.25) is 5.91 Å². The number of amides is 2. The van der Waals surface area contributed by atoms with E-state index in [1.54, 1.807) is 29.3 Å². The van der Waals surface area contributed by atoms with Gasteiger partial charge in [0.25, 0.3) is 5.91 Å². The summed E-state index contributed by atoms with van der Waals surface area (Å²) in [6, 6.07) is 5.10. The van der Waals surface area contributed by atoms with Crippen LogP contribution in [0, 0.1) is 0 Å². The van der Waals surface area contributed by atoms with Crippen LogP contribution in [0.25, 0.3) is 0 Å². The number of carbonyl (C=O) groups excluding carboxylic acids is 2. The summed E-state index contributed by atoms with van der Waals surface area (Å²) in [5, 5.41) is 5.83. The number of aromatic nitrogens is 1. The zero-order valence-corrected chi connectivity index (χ0v) is 13.2. The van der Waals surface area contributed by atoms with Gasteiger partial charge in [0.15, 0.2) is 0 Å². The van der Waals surface area contributed by atoms with Gasteiger partial charge in [-0.25, -0.2) is 0 Å². The minimum Gasteiger partial charge on any atom is -0.342 e. The molecule has 0 aliphatic carbocycles. The van der Waals surface area contributed by atoms with Crippen molar-refractivity contribution < 1.29 is 9.59 Å². The number of hydrogen-bond acceptors (Lipinski definition) is 4. The van der Waals surface area contributed by atoms with Crippen LogP contribution in [-0.4, -0.2) is 54.4 Å². The standard InChI is InChI=1S/C13H18N4O2.2ClH/c18-12(17-8-3-5-14-7-9-17)10-16-13(19)11-4-1-2-6-15-11;;/h1-2,4,6,14H,3,5,7-10H2,(H,16,19);2*1H. The molecule has 6 nitrogen and oxygen atoms in total. The van der Waals surface area contributed by atoms with E-state index < -0.39 is 0 Å². The summed E-state index contributed by atoms with van der Waals surface area (Å²) in [4.78, 5) is 29.4. The normalized spacial score (nSPS) is 14.2. The molecule has 2 amide bonds. The summed E-state index contributed by atoms with van der Waals surface area (Å²) in [5.41, 5.74) is 0.327. The molecule has 1 fully saturated rings. The van der Waals surface area contributed by atoms with Crippen molar-refractivity contribution in [2.24, 2.45) is 0 Å². The molecular formula is C13H20Cl2N4O2. The average Bonchev–Trinajstić information content (AvgIpc) is 2.74. The van der Waals surface area contributed by atoms with Gasteiger partial charge in [0, 0.05) is 25.8 Å². The average molecular weight is 335 g/mol. The molecule has 0 saturated carbocycles. The summed E-state index contributed by atoms with van der Waals surface area (Å²) in [6.07, 6.45) is 2.50. The first-order chi connectivity index (χ1) is 9.27. The van der Waals surface area contributed by atoms with E-state index >= 15 is 0 Å². The second kappa shape index (κ2) is 10.4. The smallest absolute Gasteiger partial charge is 0.270 e. The minimum absolute atomic E-state index is 0. The number of nitrogens with zero attached hydrogens (tertiary/aromatic N) is 2. The summed E-state index contributed by atoms with van der Waals surface area (Å²) in [5.74, 6) is -0.366. The van der Waals surface area contributed by atoms with Crippen molar-refractivity contribution in [1.29, 1.82) is 0 Å². The molecule has 2 N–H and O–H groups in total. The molecule has 0 atom stereocenters. The van der Waals surface area contributed by atoms with Gasteiger partial charge >= 0.3 is 0 Å². The molecule has 0 radical (unpaired) electrons. The van der Waals surface area contributed by atoms with E-state index in [2.05, 4.69) is 15.6 Å². The van der Waals surface area contributed by atoms with E-state index in [0.29, 0.717) is 12.2 Å². The molecule has 1 saturated heterocycles. The first-order valence-corrected chi connectivity index (χ1v) is 6.45. The third kappa shape index (κ3) is 6.29. The Kier molecular flexibility index (Phi) is 9.69. The Bertz CT molecular complexity index is 437. The van der Waals surface area contributed by atoms with Crippen LogP contribution in [0.15, 0.2) is 24.4 Å². The summed E-state index contributed by atoms with van der Waals surface area (Å²) in [7, 11) is 0. The topological polar surface area (TPSA) is 74.3 Å². The highest BCUT2D eigenvalue weighted by Gasteiger charge is 2.16. The van der Waals surface area contributed by atoms with Crippen molar-refractivity contribution in [2.45, 2.75) is 6.42 Å². The summed E-state index contributed by atoms with van der Waals surface area (Å²) in [6.45, 7) is 3.20. The van der Waals surface area contributed by atoms with Crippen LogP contribution in [0.3, 0.4) is 0 Å². The van der Waals surface area contributed by atoms with E-state index in [0.717, 1.165) is 26.1 Å². The van der Waals surface area contributed by atoms with Gasteiger partial charge < -0.3 is 15.5 Å². The van der Waals surface area contributed by atoms with Crippen LogP contribution in [0.5, 0.6) is 0 Å². The van der Waals surface area contributed by atoms with E-state index in [1.807, 2.05) is 0 Å². The molecule has 2 rings (SSSR count). The van der Waals surface area contributed by atoms with Crippen molar-refractivity contribution in [3.05, 3.63) is 30.1 Å². The van der Waals surface area contributed by atoms with Crippen molar-refractivity contribution >= 4 is 36.6 Å². The Morgan fingerprint density at radius 1 is 1.24 bits per heavy atom. The molecule has 1 aliphatic heterocycles. The SMILES string of the molecule is Cl.Cl.O=C(NCC(=O)N1CCCNCC1)c1ccccn1. The first-order valence-electron chi connectivity index (χ1n) is 6.45. The van der Waals surface area contributed by atoms with Crippen LogP contribution in [0.2, 0.25) is 0 Å². The number of halogens is 2. The molecule has 8 heteroatoms. The molecular weight excluding hydrogens is 315 g/mol. The second-order valence-corrected chi connectivity index (χ2v) is 4.38. The molecule has 0 aromatic carbocycles. The molecule has 118 valence electrons. The number of pyridine rings is 1. The Labute approximate surface area is 136 Å². The maximum absolute atomic E-state index is 11.9. The molecule has 1 aromatic heterocycles. The highest BCUT2D eigenvalue weighted by molar-refractivity contribution is 5.94. The van der Waals surface area contributed by atoms with Gasteiger partial charge in [-0.2, -0.15) is 0 Å². The van der Waals surface area contributed by atoms with Crippen molar-refractivity contribution in [3.63, 3.8) is 0 Å². The van der Waals surface area contributed by atoms with Gasteiger partial charge in [-0.1, -0.05) is 6.07 Å². The second-order valence-electron chi connectivity index (χ2n) is 4.38. The van der Waals surface area contributed by atoms with Crippen LogP contribution >= 0.6 is 24.8 Å². The Balaban J connectivity index is 0.00000200. The lowest BCUT2D eigenvalue weighted by Gasteiger charge is -2.19. The van der Waals surface area contributed by atoms with E-state index in [4.69, 9.17) is 0 Å². The van der Waals surface area contributed by atoms with Crippen LogP contribution in [-0.2, 0) is 4.79 Å². The van der Waals surface area contributed by atoms with Crippen LogP contribution in [0.1, 0.15) is 16.9 Å². The van der Waals surface area contributed by atoms with Crippen molar-refractivity contribution in [1.82, 2.24) is 20.5 Å². The van der Waals surface area contributed by atoms with E-state index in [-0.39, 0.29) is 43.2 Å².